The van der Waals surface area contributed by atoms with Gasteiger partial charge in [0.15, 0.2) is 17.5 Å². The van der Waals surface area contributed by atoms with Crippen molar-refractivity contribution < 1.29 is 4.42 Å². The zero-order chi connectivity index (χ0) is 32.5. The topological polar surface area (TPSA) is 69.6 Å². The first-order valence-corrected chi connectivity index (χ1v) is 16.3. The van der Waals surface area contributed by atoms with Gasteiger partial charge in [0.2, 0.25) is 0 Å². The molecule has 0 N–H and O–H groups in total. The molecule has 10 aromatic rings. The molecule has 4 aromatic heterocycles. The minimum Gasteiger partial charge on any atom is -0.456 e. The van der Waals surface area contributed by atoms with Gasteiger partial charge in [-0.25, -0.2) is 19.9 Å². The molecule has 230 valence electrons. The second-order valence-corrected chi connectivity index (χ2v) is 12.4. The Labute approximate surface area is 281 Å². The fraction of sp³-hybridized carbons (Fsp3) is 0.0233. The molecule has 0 amide bonds. The predicted molar refractivity (Wildman–Crippen MR) is 198 cm³/mol. The molecule has 0 atom stereocenters. The van der Waals surface area contributed by atoms with Crippen molar-refractivity contribution in [2.75, 3.05) is 0 Å². The van der Waals surface area contributed by atoms with E-state index in [-0.39, 0.29) is 0 Å². The quantitative estimate of drug-likeness (QED) is 0.194. The summed E-state index contributed by atoms with van der Waals surface area (Å²) in [5.74, 6) is 1.88. The van der Waals surface area contributed by atoms with Crippen LogP contribution < -0.4 is 0 Å². The van der Waals surface area contributed by atoms with Crippen LogP contribution in [-0.4, -0.2) is 24.5 Å². The van der Waals surface area contributed by atoms with Gasteiger partial charge in [-0.3, -0.25) is 4.57 Å². The highest BCUT2D eigenvalue weighted by Gasteiger charge is 2.18. The molecule has 49 heavy (non-hydrogen) atoms. The number of aryl methyl sites for hydroxylation is 1. The number of pyridine rings is 1. The van der Waals surface area contributed by atoms with E-state index < -0.39 is 0 Å². The number of nitrogens with zero attached hydrogens (tertiary/aromatic N) is 5. The van der Waals surface area contributed by atoms with Crippen molar-refractivity contribution in [1.82, 2.24) is 24.5 Å². The number of benzene rings is 6. The predicted octanol–water partition coefficient (Wildman–Crippen LogP) is 10.7. The van der Waals surface area contributed by atoms with E-state index in [9.17, 15) is 0 Å². The van der Waals surface area contributed by atoms with Crippen molar-refractivity contribution in [3.05, 3.63) is 151 Å². The summed E-state index contributed by atoms with van der Waals surface area (Å²) >= 11 is 0. The monoisotopic (exact) mass is 629 g/mol. The fourth-order valence-corrected chi connectivity index (χ4v) is 7.04. The number of aromatic nitrogens is 5. The van der Waals surface area contributed by atoms with Gasteiger partial charge in [0.05, 0.1) is 11.2 Å². The molecule has 0 aliphatic heterocycles. The lowest BCUT2D eigenvalue weighted by atomic mass is 10.0. The Hall–Kier alpha value is -6.66. The Balaban J connectivity index is 1.14. The van der Waals surface area contributed by atoms with Gasteiger partial charge in [-0.2, -0.15) is 0 Å². The van der Waals surface area contributed by atoms with E-state index in [1.54, 1.807) is 0 Å². The molecule has 6 nitrogen and oxygen atoms in total. The van der Waals surface area contributed by atoms with Crippen LogP contribution in [0.1, 0.15) is 5.56 Å². The molecule has 10 rings (SSSR count). The van der Waals surface area contributed by atoms with E-state index in [1.807, 2.05) is 54.7 Å². The standard InChI is InChI=1S/C43H27N5O/c1-26-16-19-31-28(23-26)11-7-13-34(31)42-46-40(27-9-3-2-4-10-27)45-41(47-42)29-17-21-38-36(24-29)33-20-18-30(25-39(33)49-38)48-37-15-6-5-12-32(37)35-14-8-22-44-43(35)48/h2-25H,1H3. The highest BCUT2D eigenvalue weighted by Crippen LogP contribution is 2.37. The molecule has 6 aromatic carbocycles. The second kappa shape index (κ2) is 10.7. The van der Waals surface area contributed by atoms with Gasteiger partial charge in [-0.15, -0.1) is 0 Å². The summed E-state index contributed by atoms with van der Waals surface area (Å²) in [5.41, 5.74) is 8.64. The van der Waals surface area contributed by atoms with Crippen LogP contribution in [0.2, 0.25) is 0 Å². The Kier molecular flexibility index (Phi) is 5.99. The van der Waals surface area contributed by atoms with Crippen LogP contribution in [0.4, 0.5) is 0 Å². The molecule has 0 aliphatic rings. The first-order valence-electron chi connectivity index (χ1n) is 16.3. The van der Waals surface area contributed by atoms with Crippen LogP contribution in [0.5, 0.6) is 0 Å². The van der Waals surface area contributed by atoms with Crippen LogP contribution in [0.15, 0.2) is 150 Å². The zero-order valence-corrected chi connectivity index (χ0v) is 26.5. The lowest BCUT2D eigenvalue weighted by molar-refractivity contribution is 0.668. The zero-order valence-electron chi connectivity index (χ0n) is 26.5. The van der Waals surface area contributed by atoms with Crippen LogP contribution in [-0.2, 0) is 0 Å². The molecule has 0 fully saturated rings. The average molecular weight is 630 g/mol. The SMILES string of the molecule is Cc1ccc2c(-c3nc(-c4ccccc4)nc(-c4ccc5oc6cc(-n7c8ccccc8c8cccnc87)ccc6c5c4)n3)cccc2c1. The number of para-hydroxylation sites is 1. The molecule has 0 radical (unpaired) electrons. The maximum atomic E-state index is 6.46. The Bertz CT molecular complexity index is 2850. The number of rotatable bonds is 4. The van der Waals surface area contributed by atoms with Gasteiger partial charge in [0, 0.05) is 50.5 Å². The highest BCUT2D eigenvalue weighted by atomic mass is 16.3. The molecule has 0 bridgehead atoms. The lowest BCUT2D eigenvalue weighted by Gasteiger charge is -2.10. The molecular weight excluding hydrogens is 603 g/mol. The minimum atomic E-state index is 0.609. The average Bonchev–Trinajstić information content (AvgIpc) is 3.69. The summed E-state index contributed by atoms with van der Waals surface area (Å²) in [7, 11) is 0. The van der Waals surface area contributed by atoms with E-state index in [1.165, 1.54) is 10.9 Å². The van der Waals surface area contributed by atoms with Gasteiger partial charge in [0.1, 0.15) is 16.8 Å². The van der Waals surface area contributed by atoms with Gasteiger partial charge in [0.25, 0.3) is 0 Å². The molecule has 0 saturated heterocycles. The lowest BCUT2D eigenvalue weighted by Crippen LogP contribution is -2.00. The fourth-order valence-electron chi connectivity index (χ4n) is 7.04. The van der Waals surface area contributed by atoms with Crippen molar-refractivity contribution in [1.29, 1.82) is 0 Å². The van der Waals surface area contributed by atoms with Crippen LogP contribution >= 0.6 is 0 Å². The molecular formula is C43H27N5O. The smallest absolute Gasteiger partial charge is 0.164 e. The summed E-state index contributed by atoms with van der Waals surface area (Å²) in [6.07, 6.45) is 1.84. The maximum Gasteiger partial charge on any atom is 0.164 e. The first-order chi connectivity index (χ1) is 24.2. The third-order valence-electron chi connectivity index (χ3n) is 9.35. The normalized spacial score (nSPS) is 11.8. The van der Waals surface area contributed by atoms with E-state index in [2.05, 4.69) is 102 Å². The van der Waals surface area contributed by atoms with Gasteiger partial charge in [-0.1, -0.05) is 90.5 Å². The summed E-state index contributed by atoms with van der Waals surface area (Å²) in [6, 6.07) is 47.9. The van der Waals surface area contributed by atoms with Crippen LogP contribution in [0, 0.1) is 6.92 Å². The largest absolute Gasteiger partial charge is 0.456 e. The summed E-state index contributed by atoms with van der Waals surface area (Å²) in [6.45, 7) is 2.11. The van der Waals surface area contributed by atoms with Crippen LogP contribution in [0.25, 0.3) is 94.5 Å². The molecule has 0 spiro atoms. The van der Waals surface area contributed by atoms with E-state index >= 15 is 0 Å². The number of hydrogen-bond donors (Lipinski definition) is 0. The molecule has 0 unspecified atom stereocenters. The summed E-state index contributed by atoms with van der Waals surface area (Å²) in [5, 5.41) is 6.58. The molecule has 0 aliphatic carbocycles. The number of furan rings is 1. The van der Waals surface area contributed by atoms with Crippen LogP contribution in [0.3, 0.4) is 0 Å². The summed E-state index contributed by atoms with van der Waals surface area (Å²) < 4.78 is 8.67. The Morgan fingerprint density at radius 3 is 2.22 bits per heavy atom. The third-order valence-corrected chi connectivity index (χ3v) is 9.35. The van der Waals surface area contributed by atoms with Crippen molar-refractivity contribution in [2.45, 2.75) is 6.92 Å². The summed E-state index contributed by atoms with van der Waals surface area (Å²) in [4.78, 5) is 19.9. The Morgan fingerprint density at radius 1 is 0.510 bits per heavy atom. The third kappa shape index (κ3) is 4.42. The van der Waals surface area contributed by atoms with Crippen molar-refractivity contribution >= 4 is 54.6 Å². The maximum absolute atomic E-state index is 6.46. The molecule has 0 saturated carbocycles. The van der Waals surface area contributed by atoms with Gasteiger partial charge in [-0.05, 0) is 66.2 Å². The second-order valence-electron chi connectivity index (χ2n) is 12.4. The van der Waals surface area contributed by atoms with Crippen molar-refractivity contribution in [3.8, 4) is 39.9 Å². The van der Waals surface area contributed by atoms with E-state index in [0.29, 0.717) is 17.5 Å². The first kappa shape index (κ1) is 27.5. The molecule has 4 heterocycles. The number of hydrogen-bond acceptors (Lipinski definition) is 5. The van der Waals surface area contributed by atoms with E-state index in [4.69, 9.17) is 24.4 Å². The Morgan fingerprint density at radius 2 is 1.31 bits per heavy atom. The van der Waals surface area contributed by atoms with Crippen molar-refractivity contribution in [2.24, 2.45) is 0 Å². The van der Waals surface area contributed by atoms with Gasteiger partial charge >= 0.3 is 0 Å². The van der Waals surface area contributed by atoms with Crippen molar-refractivity contribution in [3.63, 3.8) is 0 Å². The molecule has 6 heteroatoms. The highest BCUT2D eigenvalue weighted by molar-refractivity contribution is 6.09. The van der Waals surface area contributed by atoms with Gasteiger partial charge < -0.3 is 4.42 Å². The van der Waals surface area contributed by atoms with E-state index in [0.717, 1.165) is 71.6 Å². The minimum absolute atomic E-state index is 0.609. The number of fused-ring (bicyclic) bond motifs is 7.